The summed E-state index contributed by atoms with van der Waals surface area (Å²) in [6.07, 6.45) is 1.28. The molecule has 3 amide bonds. The molecule has 1 spiro atoms. The number of amides is 3. The molecule has 8 heteroatoms. The molecule has 29 heavy (non-hydrogen) atoms. The average Bonchev–Trinajstić information content (AvgIpc) is 3.06. The van der Waals surface area contributed by atoms with Gasteiger partial charge in [-0.25, -0.2) is 4.39 Å². The number of piperidine rings is 1. The quantitative estimate of drug-likeness (QED) is 0.830. The first-order chi connectivity index (χ1) is 13.8. The van der Waals surface area contributed by atoms with Crippen LogP contribution in [0.3, 0.4) is 0 Å². The van der Waals surface area contributed by atoms with E-state index in [0.717, 1.165) is 0 Å². The molecule has 2 fully saturated rings. The van der Waals surface area contributed by atoms with Gasteiger partial charge in [0.05, 0.1) is 6.61 Å². The van der Waals surface area contributed by atoms with Crippen molar-refractivity contribution in [2.45, 2.75) is 57.8 Å². The fourth-order valence-electron chi connectivity index (χ4n) is 4.01. The zero-order chi connectivity index (χ0) is 21.2. The first kappa shape index (κ1) is 21.2. The van der Waals surface area contributed by atoms with Crippen LogP contribution in [0.15, 0.2) is 24.3 Å². The van der Waals surface area contributed by atoms with Gasteiger partial charge in [0.15, 0.2) is 0 Å². The third-order valence-electron chi connectivity index (χ3n) is 5.50. The van der Waals surface area contributed by atoms with Crippen LogP contribution in [0.4, 0.5) is 4.39 Å². The number of nitrogens with zero attached hydrogens (tertiary/aromatic N) is 2. The van der Waals surface area contributed by atoms with E-state index >= 15 is 0 Å². The lowest BCUT2D eigenvalue weighted by molar-refractivity contribution is -0.143. The molecule has 0 saturated carbocycles. The average molecular weight is 405 g/mol. The Bertz CT molecular complexity index is 773. The smallest absolute Gasteiger partial charge is 0.256 e. The summed E-state index contributed by atoms with van der Waals surface area (Å²) in [6, 6.07) is 4.42. The second-order valence-electron chi connectivity index (χ2n) is 7.85. The molecule has 158 valence electrons. The van der Waals surface area contributed by atoms with Gasteiger partial charge in [-0.2, -0.15) is 0 Å². The normalized spacial score (nSPS) is 20.9. The van der Waals surface area contributed by atoms with Gasteiger partial charge in [0.2, 0.25) is 11.8 Å². The molecule has 0 aromatic heterocycles. The monoisotopic (exact) mass is 405 g/mol. The Balaban J connectivity index is 1.89. The maximum atomic E-state index is 13.4. The molecule has 3 rings (SSSR count). The van der Waals surface area contributed by atoms with Gasteiger partial charge in [-0.15, -0.1) is 0 Å². The summed E-state index contributed by atoms with van der Waals surface area (Å²) in [7, 11) is 0. The minimum Gasteiger partial charge on any atom is -0.353 e. The second-order valence-corrected chi connectivity index (χ2v) is 7.85. The second kappa shape index (κ2) is 8.49. The lowest BCUT2D eigenvalue weighted by Gasteiger charge is -2.44. The van der Waals surface area contributed by atoms with Crippen LogP contribution < -0.4 is 5.32 Å². The molecule has 1 aromatic rings. The third kappa shape index (κ3) is 4.27. The van der Waals surface area contributed by atoms with E-state index in [1.54, 1.807) is 4.90 Å². The Kier molecular flexibility index (Phi) is 6.21. The molecule has 2 aliphatic heterocycles. The summed E-state index contributed by atoms with van der Waals surface area (Å²) in [5.41, 5.74) is -0.652. The van der Waals surface area contributed by atoms with Gasteiger partial charge >= 0.3 is 0 Å². The molecule has 2 saturated heterocycles. The number of rotatable bonds is 4. The number of hydrogen-bond donors (Lipinski definition) is 1. The van der Waals surface area contributed by atoms with Crippen molar-refractivity contribution in [1.29, 1.82) is 0 Å². The molecule has 0 aliphatic carbocycles. The molecule has 0 radical (unpaired) electrons. The van der Waals surface area contributed by atoms with E-state index in [1.165, 1.54) is 29.2 Å². The Morgan fingerprint density at radius 3 is 2.38 bits per heavy atom. The summed E-state index contributed by atoms with van der Waals surface area (Å²) in [4.78, 5) is 41.5. The standard InChI is InChI=1S/C21H28FN3O4/c1-4-18(26)24-11-9-21(10-12-24)25(17(13-29-21)19(27)23-14(2)3)20(28)15-5-7-16(22)8-6-15/h5-8,14,17H,4,9-13H2,1-3H3,(H,23,27). The summed E-state index contributed by atoms with van der Waals surface area (Å²) in [5.74, 6) is -1.03. The van der Waals surface area contributed by atoms with Crippen LogP contribution >= 0.6 is 0 Å². The molecule has 1 aromatic carbocycles. The van der Waals surface area contributed by atoms with Crippen LogP contribution in [0.5, 0.6) is 0 Å². The molecule has 2 aliphatic rings. The third-order valence-corrected chi connectivity index (χ3v) is 5.50. The van der Waals surface area contributed by atoms with Crippen molar-refractivity contribution >= 4 is 17.7 Å². The first-order valence-electron chi connectivity index (χ1n) is 10.1. The highest BCUT2D eigenvalue weighted by atomic mass is 19.1. The maximum Gasteiger partial charge on any atom is 0.256 e. The number of halogens is 1. The minimum absolute atomic E-state index is 0.0587. The Hall–Kier alpha value is -2.48. The van der Waals surface area contributed by atoms with Gasteiger partial charge in [0, 0.05) is 44.0 Å². The SMILES string of the molecule is CCC(=O)N1CCC2(CC1)OCC(C(=O)NC(C)C)N2C(=O)c1ccc(F)cc1. The van der Waals surface area contributed by atoms with E-state index < -0.39 is 17.6 Å². The van der Waals surface area contributed by atoms with Crippen LogP contribution in [0.1, 0.15) is 50.4 Å². The van der Waals surface area contributed by atoms with Crippen molar-refractivity contribution in [1.82, 2.24) is 15.1 Å². The fraction of sp³-hybridized carbons (Fsp3) is 0.571. The van der Waals surface area contributed by atoms with Crippen molar-refractivity contribution < 1.29 is 23.5 Å². The molecule has 1 N–H and O–H groups in total. The number of hydrogen-bond acceptors (Lipinski definition) is 4. The van der Waals surface area contributed by atoms with E-state index in [9.17, 15) is 18.8 Å². The van der Waals surface area contributed by atoms with Crippen LogP contribution in [0.25, 0.3) is 0 Å². The molecule has 1 unspecified atom stereocenters. The molecule has 7 nitrogen and oxygen atoms in total. The highest BCUT2D eigenvalue weighted by Crippen LogP contribution is 2.38. The summed E-state index contributed by atoms with van der Waals surface area (Å²) < 4.78 is 19.4. The minimum atomic E-state index is -0.949. The van der Waals surface area contributed by atoms with E-state index in [1.807, 2.05) is 20.8 Å². The van der Waals surface area contributed by atoms with Gasteiger partial charge in [0.25, 0.3) is 5.91 Å². The molecular formula is C21H28FN3O4. The van der Waals surface area contributed by atoms with Gasteiger partial charge in [-0.3, -0.25) is 19.3 Å². The highest BCUT2D eigenvalue weighted by molar-refractivity contribution is 5.98. The van der Waals surface area contributed by atoms with Gasteiger partial charge in [-0.1, -0.05) is 6.92 Å². The first-order valence-corrected chi connectivity index (χ1v) is 10.1. The van der Waals surface area contributed by atoms with Gasteiger partial charge < -0.3 is 15.0 Å². The van der Waals surface area contributed by atoms with Crippen molar-refractivity contribution in [3.8, 4) is 0 Å². The predicted molar refractivity (Wildman–Crippen MR) is 104 cm³/mol. The zero-order valence-electron chi connectivity index (χ0n) is 17.1. The Labute approximate surface area is 170 Å². The van der Waals surface area contributed by atoms with Crippen molar-refractivity contribution in [3.63, 3.8) is 0 Å². The topological polar surface area (TPSA) is 79.0 Å². The number of likely N-dealkylation sites (tertiary alicyclic amines) is 1. The van der Waals surface area contributed by atoms with E-state index in [-0.39, 0.29) is 30.4 Å². The fourth-order valence-corrected chi connectivity index (χ4v) is 4.01. The summed E-state index contributed by atoms with van der Waals surface area (Å²) in [5, 5.41) is 2.85. The number of benzene rings is 1. The zero-order valence-corrected chi connectivity index (χ0v) is 17.1. The van der Waals surface area contributed by atoms with Crippen LogP contribution in [-0.2, 0) is 14.3 Å². The number of nitrogens with one attached hydrogen (secondary N) is 1. The van der Waals surface area contributed by atoms with Crippen LogP contribution in [0, 0.1) is 5.82 Å². The number of carbonyl (C=O) groups excluding carboxylic acids is 3. The van der Waals surface area contributed by atoms with Crippen LogP contribution in [0.2, 0.25) is 0 Å². The van der Waals surface area contributed by atoms with E-state index in [2.05, 4.69) is 5.32 Å². The van der Waals surface area contributed by atoms with Crippen LogP contribution in [-0.4, -0.2) is 65.0 Å². The van der Waals surface area contributed by atoms with Crippen molar-refractivity contribution in [2.24, 2.45) is 0 Å². The van der Waals surface area contributed by atoms with E-state index in [0.29, 0.717) is 37.9 Å². The lowest BCUT2D eigenvalue weighted by atomic mass is 9.96. The predicted octanol–water partition coefficient (Wildman–Crippen LogP) is 1.92. The van der Waals surface area contributed by atoms with Crippen molar-refractivity contribution in [2.75, 3.05) is 19.7 Å². The highest BCUT2D eigenvalue weighted by Gasteiger charge is 2.54. The maximum absolute atomic E-state index is 13.4. The Morgan fingerprint density at radius 2 is 1.83 bits per heavy atom. The summed E-state index contributed by atoms with van der Waals surface area (Å²) >= 11 is 0. The summed E-state index contributed by atoms with van der Waals surface area (Å²) in [6.45, 7) is 6.52. The lowest BCUT2D eigenvalue weighted by Crippen LogP contribution is -2.60. The number of carbonyl (C=O) groups is 3. The van der Waals surface area contributed by atoms with E-state index in [4.69, 9.17) is 4.74 Å². The molecule has 0 bridgehead atoms. The van der Waals surface area contributed by atoms with Gasteiger partial charge in [-0.05, 0) is 38.1 Å². The van der Waals surface area contributed by atoms with Crippen molar-refractivity contribution in [3.05, 3.63) is 35.6 Å². The molecular weight excluding hydrogens is 377 g/mol. The molecule has 2 heterocycles. The Morgan fingerprint density at radius 1 is 1.21 bits per heavy atom. The van der Waals surface area contributed by atoms with Gasteiger partial charge in [0.1, 0.15) is 17.6 Å². The number of ether oxygens (including phenoxy) is 1. The largest absolute Gasteiger partial charge is 0.353 e. The molecule has 1 atom stereocenters.